The molecule has 0 atom stereocenters. The van der Waals surface area contributed by atoms with Gasteiger partial charge in [0.2, 0.25) is 0 Å². The highest BCUT2D eigenvalue weighted by Gasteiger charge is 2.07. The van der Waals surface area contributed by atoms with E-state index < -0.39 is 0 Å². The van der Waals surface area contributed by atoms with E-state index in [9.17, 15) is 10.1 Å². The number of anilines is 1. The van der Waals surface area contributed by atoms with Crippen molar-refractivity contribution >= 4 is 11.4 Å². The average Bonchev–Trinajstić information content (AvgIpc) is 2.46. The lowest BCUT2D eigenvalue weighted by Gasteiger charge is -2.23. The first-order valence-electron chi connectivity index (χ1n) is 6.24. The van der Waals surface area contributed by atoms with Gasteiger partial charge >= 0.3 is 0 Å². The highest BCUT2D eigenvalue weighted by Crippen LogP contribution is 2.18. The summed E-state index contributed by atoms with van der Waals surface area (Å²) in [4.78, 5) is 12.5. The van der Waals surface area contributed by atoms with Gasteiger partial charge in [-0.1, -0.05) is 30.3 Å². The Hall–Kier alpha value is -2.36. The van der Waals surface area contributed by atoms with Crippen molar-refractivity contribution in [1.29, 1.82) is 0 Å². The van der Waals surface area contributed by atoms with Crippen LogP contribution >= 0.6 is 0 Å². The quantitative estimate of drug-likeness (QED) is 0.606. The Kier molecular flexibility index (Phi) is 4.13. The van der Waals surface area contributed by atoms with Crippen LogP contribution in [0.1, 0.15) is 12.5 Å². The van der Waals surface area contributed by atoms with Gasteiger partial charge in [-0.2, -0.15) is 0 Å². The molecule has 19 heavy (non-hydrogen) atoms. The lowest BCUT2D eigenvalue weighted by molar-refractivity contribution is -0.384. The first-order chi connectivity index (χ1) is 9.20. The van der Waals surface area contributed by atoms with Gasteiger partial charge in [0.05, 0.1) is 4.92 Å². The van der Waals surface area contributed by atoms with Gasteiger partial charge < -0.3 is 4.90 Å². The van der Waals surface area contributed by atoms with E-state index >= 15 is 0 Å². The molecule has 4 heteroatoms. The van der Waals surface area contributed by atoms with E-state index in [-0.39, 0.29) is 10.6 Å². The van der Waals surface area contributed by atoms with E-state index in [1.54, 1.807) is 12.1 Å². The van der Waals surface area contributed by atoms with E-state index in [0.717, 1.165) is 24.3 Å². The predicted molar refractivity (Wildman–Crippen MR) is 76.3 cm³/mol. The molecule has 0 heterocycles. The number of rotatable bonds is 5. The van der Waals surface area contributed by atoms with Gasteiger partial charge in [-0.3, -0.25) is 10.1 Å². The molecule has 0 fully saturated rings. The second kappa shape index (κ2) is 6.00. The Morgan fingerprint density at radius 3 is 2.21 bits per heavy atom. The molecule has 0 aliphatic heterocycles. The van der Waals surface area contributed by atoms with E-state index in [2.05, 4.69) is 24.0 Å². The van der Waals surface area contributed by atoms with Crippen molar-refractivity contribution in [3.05, 3.63) is 70.3 Å². The molecule has 0 bridgehead atoms. The van der Waals surface area contributed by atoms with Crippen LogP contribution in [0, 0.1) is 10.1 Å². The minimum atomic E-state index is -0.376. The van der Waals surface area contributed by atoms with Crippen LogP contribution in [0.5, 0.6) is 0 Å². The predicted octanol–water partition coefficient (Wildman–Crippen LogP) is 3.62. The maximum absolute atomic E-state index is 10.6. The molecule has 0 saturated carbocycles. The second-order valence-corrected chi connectivity index (χ2v) is 4.27. The number of hydrogen-bond donors (Lipinski definition) is 0. The minimum absolute atomic E-state index is 0.131. The number of benzene rings is 2. The van der Waals surface area contributed by atoms with Crippen LogP contribution in [-0.4, -0.2) is 11.5 Å². The van der Waals surface area contributed by atoms with Crippen molar-refractivity contribution in [1.82, 2.24) is 0 Å². The molecular weight excluding hydrogens is 240 g/mol. The summed E-state index contributed by atoms with van der Waals surface area (Å²) in [5.74, 6) is 0. The number of para-hydroxylation sites is 1. The van der Waals surface area contributed by atoms with E-state index in [1.165, 1.54) is 0 Å². The fourth-order valence-electron chi connectivity index (χ4n) is 1.97. The molecule has 0 aliphatic carbocycles. The Balaban J connectivity index is 2.12. The molecule has 0 spiro atoms. The lowest BCUT2D eigenvalue weighted by Crippen LogP contribution is -2.21. The minimum Gasteiger partial charge on any atom is -0.367 e. The molecular formula is C15H16N2O2. The van der Waals surface area contributed by atoms with E-state index in [4.69, 9.17) is 0 Å². The smallest absolute Gasteiger partial charge is 0.269 e. The first kappa shape index (κ1) is 13.1. The summed E-state index contributed by atoms with van der Waals surface area (Å²) in [6, 6.07) is 16.9. The summed E-state index contributed by atoms with van der Waals surface area (Å²) in [5.41, 5.74) is 2.35. The van der Waals surface area contributed by atoms with Gasteiger partial charge in [-0.25, -0.2) is 0 Å². The van der Waals surface area contributed by atoms with Crippen molar-refractivity contribution in [2.24, 2.45) is 0 Å². The summed E-state index contributed by atoms with van der Waals surface area (Å²) in [6.45, 7) is 3.73. The van der Waals surface area contributed by atoms with E-state index in [1.807, 2.05) is 30.3 Å². The van der Waals surface area contributed by atoms with Crippen molar-refractivity contribution in [3.8, 4) is 0 Å². The van der Waals surface area contributed by atoms with Gasteiger partial charge in [0.1, 0.15) is 0 Å². The van der Waals surface area contributed by atoms with Gasteiger partial charge in [-0.05, 0) is 24.6 Å². The fourth-order valence-corrected chi connectivity index (χ4v) is 1.97. The first-order valence-corrected chi connectivity index (χ1v) is 6.24. The molecule has 0 radical (unpaired) electrons. The van der Waals surface area contributed by atoms with Crippen LogP contribution < -0.4 is 4.90 Å². The molecule has 98 valence electrons. The number of non-ortho nitro benzene ring substituents is 1. The zero-order chi connectivity index (χ0) is 13.7. The molecule has 4 nitrogen and oxygen atoms in total. The van der Waals surface area contributed by atoms with Crippen LogP contribution in [0.25, 0.3) is 0 Å². The summed E-state index contributed by atoms with van der Waals surface area (Å²) in [7, 11) is 0. The third-order valence-corrected chi connectivity index (χ3v) is 3.02. The third-order valence-electron chi connectivity index (χ3n) is 3.02. The molecule has 0 aromatic heterocycles. The molecule has 0 N–H and O–H groups in total. The highest BCUT2D eigenvalue weighted by atomic mass is 16.6. The van der Waals surface area contributed by atoms with Crippen molar-refractivity contribution in [3.63, 3.8) is 0 Å². The average molecular weight is 256 g/mol. The number of nitrogens with zero attached hydrogens (tertiary/aromatic N) is 2. The summed E-state index contributed by atoms with van der Waals surface area (Å²) in [5, 5.41) is 10.6. The van der Waals surface area contributed by atoms with Crippen LogP contribution in [0.3, 0.4) is 0 Å². The van der Waals surface area contributed by atoms with Gasteiger partial charge in [-0.15, -0.1) is 0 Å². The van der Waals surface area contributed by atoms with Crippen molar-refractivity contribution in [2.75, 3.05) is 11.4 Å². The van der Waals surface area contributed by atoms with Crippen LogP contribution in [0.2, 0.25) is 0 Å². The molecule has 0 unspecified atom stereocenters. The topological polar surface area (TPSA) is 46.4 Å². The Morgan fingerprint density at radius 2 is 1.68 bits per heavy atom. The molecule has 2 aromatic carbocycles. The van der Waals surface area contributed by atoms with Crippen LogP contribution in [0.4, 0.5) is 11.4 Å². The molecule has 2 rings (SSSR count). The fraction of sp³-hybridized carbons (Fsp3) is 0.200. The monoisotopic (exact) mass is 256 g/mol. The number of nitro benzene ring substituents is 1. The number of hydrogen-bond acceptors (Lipinski definition) is 3. The second-order valence-electron chi connectivity index (χ2n) is 4.27. The third kappa shape index (κ3) is 3.31. The maximum Gasteiger partial charge on any atom is 0.269 e. The molecule has 0 amide bonds. The van der Waals surface area contributed by atoms with Crippen molar-refractivity contribution in [2.45, 2.75) is 13.5 Å². The zero-order valence-corrected chi connectivity index (χ0v) is 10.8. The standard InChI is InChI=1S/C15H16N2O2/c1-2-16(14-6-4-3-5-7-14)12-13-8-10-15(11-9-13)17(18)19/h3-11H,2,12H2,1H3. The molecule has 0 aliphatic rings. The normalized spacial score (nSPS) is 10.2. The Morgan fingerprint density at radius 1 is 1.05 bits per heavy atom. The Labute approximate surface area is 112 Å². The maximum atomic E-state index is 10.6. The lowest BCUT2D eigenvalue weighted by atomic mass is 10.2. The van der Waals surface area contributed by atoms with Crippen molar-refractivity contribution < 1.29 is 4.92 Å². The zero-order valence-electron chi connectivity index (χ0n) is 10.8. The summed E-state index contributed by atoms with van der Waals surface area (Å²) >= 11 is 0. The molecule has 2 aromatic rings. The van der Waals surface area contributed by atoms with Gasteiger partial charge in [0, 0.05) is 30.9 Å². The Bertz CT molecular complexity index is 538. The largest absolute Gasteiger partial charge is 0.367 e. The number of nitro groups is 1. The highest BCUT2D eigenvalue weighted by molar-refractivity contribution is 5.47. The summed E-state index contributed by atoms with van der Waals surface area (Å²) < 4.78 is 0. The van der Waals surface area contributed by atoms with Crippen LogP contribution in [-0.2, 0) is 6.54 Å². The van der Waals surface area contributed by atoms with Gasteiger partial charge in [0.25, 0.3) is 5.69 Å². The van der Waals surface area contributed by atoms with Gasteiger partial charge in [0.15, 0.2) is 0 Å². The summed E-state index contributed by atoms with van der Waals surface area (Å²) in [6.07, 6.45) is 0. The molecule has 0 saturated heterocycles. The van der Waals surface area contributed by atoms with Crippen LogP contribution in [0.15, 0.2) is 54.6 Å². The SMILES string of the molecule is CCN(Cc1ccc([N+](=O)[O-])cc1)c1ccccc1. The van der Waals surface area contributed by atoms with E-state index in [0.29, 0.717) is 0 Å².